The average molecular weight is 437 g/mol. The minimum absolute atomic E-state index is 0. The van der Waals surface area contributed by atoms with Crippen molar-refractivity contribution in [3.63, 3.8) is 0 Å². The predicted octanol–water partition coefficient (Wildman–Crippen LogP) is 3.95. The first-order valence-electron chi connectivity index (χ1n) is 9.38. The molecule has 0 spiro atoms. The van der Waals surface area contributed by atoms with Crippen LogP contribution in [0.25, 0.3) is 0 Å². The molecule has 0 saturated heterocycles. The fourth-order valence-electron chi connectivity index (χ4n) is 3.43. The molecule has 0 heterocycles. The number of nitrogens with one attached hydrogen (secondary N) is 2. The molecule has 2 aliphatic rings. The molecule has 0 radical (unpaired) electrons. The number of nitrogens with zero attached hydrogens (tertiary/aromatic N) is 1. The lowest BCUT2D eigenvalue weighted by Gasteiger charge is -2.27. The third-order valence-electron chi connectivity index (χ3n) is 5.10. The zero-order valence-corrected chi connectivity index (χ0v) is 17.4. The van der Waals surface area contributed by atoms with Crippen molar-refractivity contribution in [3.05, 3.63) is 0 Å². The number of ether oxygens (including phenoxy) is 1. The van der Waals surface area contributed by atoms with E-state index in [9.17, 15) is 0 Å². The summed E-state index contributed by atoms with van der Waals surface area (Å²) in [5.41, 5.74) is 0.383. The molecular weight excluding hydrogens is 401 g/mol. The second-order valence-electron chi connectivity index (χ2n) is 7.01. The van der Waals surface area contributed by atoms with Gasteiger partial charge in [-0.3, -0.25) is 4.99 Å². The molecule has 2 rings (SSSR count). The van der Waals surface area contributed by atoms with E-state index in [1.165, 1.54) is 44.9 Å². The van der Waals surface area contributed by atoms with Crippen LogP contribution in [-0.4, -0.2) is 38.8 Å². The molecule has 4 nitrogen and oxygen atoms in total. The molecular formula is C18H36IN3O. The SMILES string of the molecule is CCNC(=NCC1(CCOCC)CCCC1)NCCC1CC1.I. The molecule has 0 unspecified atom stereocenters. The minimum Gasteiger partial charge on any atom is -0.382 e. The van der Waals surface area contributed by atoms with Crippen molar-refractivity contribution in [2.45, 2.75) is 65.2 Å². The van der Waals surface area contributed by atoms with Crippen LogP contribution in [0, 0.1) is 11.3 Å². The van der Waals surface area contributed by atoms with Crippen molar-refractivity contribution in [2.24, 2.45) is 16.3 Å². The molecule has 2 saturated carbocycles. The quantitative estimate of drug-likeness (QED) is 0.236. The molecule has 136 valence electrons. The summed E-state index contributed by atoms with van der Waals surface area (Å²) in [6.07, 6.45) is 10.6. The van der Waals surface area contributed by atoms with Gasteiger partial charge in [0.1, 0.15) is 0 Å². The van der Waals surface area contributed by atoms with Gasteiger partial charge in [-0.25, -0.2) is 0 Å². The maximum Gasteiger partial charge on any atom is 0.191 e. The molecule has 2 N–H and O–H groups in total. The zero-order valence-electron chi connectivity index (χ0n) is 15.0. The first-order valence-corrected chi connectivity index (χ1v) is 9.38. The summed E-state index contributed by atoms with van der Waals surface area (Å²) < 4.78 is 5.59. The van der Waals surface area contributed by atoms with E-state index in [-0.39, 0.29) is 24.0 Å². The molecule has 0 atom stereocenters. The lowest BCUT2D eigenvalue weighted by atomic mass is 9.83. The molecule has 2 fully saturated rings. The third kappa shape index (κ3) is 8.05. The Labute approximate surface area is 159 Å². The van der Waals surface area contributed by atoms with Gasteiger partial charge in [0.05, 0.1) is 0 Å². The van der Waals surface area contributed by atoms with Crippen LogP contribution < -0.4 is 10.6 Å². The van der Waals surface area contributed by atoms with Gasteiger partial charge in [-0.05, 0) is 50.9 Å². The Morgan fingerprint density at radius 2 is 1.91 bits per heavy atom. The van der Waals surface area contributed by atoms with Gasteiger partial charge in [0.2, 0.25) is 0 Å². The van der Waals surface area contributed by atoms with Gasteiger partial charge in [0.15, 0.2) is 5.96 Å². The Bertz CT molecular complexity index is 339. The Morgan fingerprint density at radius 1 is 1.17 bits per heavy atom. The summed E-state index contributed by atoms with van der Waals surface area (Å²) in [5.74, 6) is 1.98. The highest BCUT2D eigenvalue weighted by molar-refractivity contribution is 14.0. The van der Waals surface area contributed by atoms with Crippen molar-refractivity contribution in [1.29, 1.82) is 0 Å². The van der Waals surface area contributed by atoms with Crippen LogP contribution in [0.3, 0.4) is 0 Å². The number of hydrogen-bond donors (Lipinski definition) is 2. The van der Waals surface area contributed by atoms with Crippen LogP contribution in [0.4, 0.5) is 0 Å². The van der Waals surface area contributed by atoms with Crippen molar-refractivity contribution in [2.75, 3.05) is 32.8 Å². The molecule has 5 heteroatoms. The predicted molar refractivity (Wildman–Crippen MR) is 109 cm³/mol. The van der Waals surface area contributed by atoms with Gasteiger partial charge in [0, 0.05) is 32.8 Å². The summed E-state index contributed by atoms with van der Waals surface area (Å²) in [5, 5.41) is 6.90. The standard InChI is InChI=1S/C18H35N3O.HI/c1-3-19-17(20-13-9-16-7-8-16)21-15-18(10-5-6-11-18)12-14-22-4-2;/h16H,3-15H2,1-2H3,(H2,19,20,21);1H. The Kier molecular flexibility index (Phi) is 10.5. The lowest BCUT2D eigenvalue weighted by Crippen LogP contribution is -2.39. The number of aliphatic imine (C=N–C) groups is 1. The van der Waals surface area contributed by atoms with E-state index in [0.29, 0.717) is 5.41 Å². The van der Waals surface area contributed by atoms with Crippen LogP contribution in [-0.2, 0) is 4.74 Å². The molecule has 0 aromatic carbocycles. The average Bonchev–Trinajstić information content (AvgIpc) is 3.23. The van der Waals surface area contributed by atoms with Crippen LogP contribution >= 0.6 is 24.0 Å². The second kappa shape index (κ2) is 11.5. The Hall–Kier alpha value is -0.0400. The van der Waals surface area contributed by atoms with Gasteiger partial charge in [-0.1, -0.05) is 25.7 Å². The van der Waals surface area contributed by atoms with Crippen molar-refractivity contribution in [3.8, 4) is 0 Å². The van der Waals surface area contributed by atoms with Gasteiger partial charge in [0.25, 0.3) is 0 Å². The summed E-state index contributed by atoms with van der Waals surface area (Å²) in [7, 11) is 0. The molecule has 0 aromatic rings. The topological polar surface area (TPSA) is 45.7 Å². The smallest absolute Gasteiger partial charge is 0.191 e. The molecule has 23 heavy (non-hydrogen) atoms. The van der Waals surface area contributed by atoms with E-state index in [4.69, 9.17) is 9.73 Å². The van der Waals surface area contributed by atoms with E-state index in [0.717, 1.165) is 51.1 Å². The third-order valence-corrected chi connectivity index (χ3v) is 5.10. The number of guanidine groups is 1. The van der Waals surface area contributed by atoms with Crippen LogP contribution in [0.15, 0.2) is 4.99 Å². The van der Waals surface area contributed by atoms with E-state index >= 15 is 0 Å². The van der Waals surface area contributed by atoms with Crippen LogP contribution in [0.2, 0.25) is 0 Å². The van der Waals surface area contributed by atoms with Gasteiger partial charge >= 0.3 is 0 Å². The number of hydrogen-bond acceptors (Lipinski definition) is 2. The highest BCUT2D eigenvalue weighted by atomic mass is 127. The van der Waals surface area contributed by atoms with Gasteiger partial charge in [-0.15, -0.1) is 24.0 Å². The monoisotopic (exact) mass is 437 g/mol. The summed E-state index contributed by atoms with van der Waals surface area (Å²) in [6, 6.07) is 0. The van der Waals surface area contributed by atoms with Crippen molar-refractivity contribution < 1.29 is 4.74 Å². The molecule has 2 aliphatic carbocycles. The molecule has 0 bridgehead atoms. The second-order valence-corrected chi connectivity index (χ2v) is 7.01. The lowest BCUT2D eigenvalue weighted by molar-refractivity contribution is 0.107. The fraction of sp³-hybridized carbons (Fsp3) is 0.944. The van der Waals surface area contributed by atoms with Crippen molar-refractivity contribution >= 4 is 29.9 Å². The zero-order chi connectivity index (χ0) is 15.7. The number of halogens is 1. The number of rotatable bonds is 10. The van der Waals surface area contributed by atoms with E-state index in [2.05, 4.69) is 24.5 Å². The summed E-state index contributed by atoms with van der Waals surface area (Å²) in [4.78, 5) is 4.90. The maximum absolute atomic E-state index is 5.59. The van der Waals surface area contributed by atoms with Crippen LogP contribution in [0.1, 0.15) is 65.2 Å². The highest BCUT2D eigenvalue weighted by Gasteiger charge is 2.33. The van der Waals surface area contributed by atoms with Crippen molar-refractivity contribution in [1.82, 2.24) is 10.6 Å². The molecule has 0 aliphatic heterocycles. The summed E-state index contributed by atoms with van der Waals surface area (Å²) in [6.45, 7) is 8.86. The van der Waals surface area contributed by atoms with E-state index in [1.54, 1.807) is 0 Å². The summed E-state index contributed by atoms with van der Waals surface area (Å²) >= 11 is 0. The first kappa shape index (κ1) is 21.0. The minimum atomic E-state index is 0. The van der Waals surface area contributed by atoms with Gasteiger partial charge in [-0.2, -0.15) is 0 Å². The maximum atomic E-state index is 5.59. The van der Waals surface area contributed by atoms with Gasteiger partial charge < -0.3 is 15.4 Å². The fourth-order valence-corrected chi connectivity index (χ4v) is 3.43. The highest BCUT2D eigenvalue weighted by Crippen LogP contribution is 2.41. The van der Waals surface area contributed by atoms with E-state index in [1.807, 2.05) is 0 Å². The van der Waals surface area contributed by atoms with Crippen LogP contribution in [0.5, 0.6) is 0 Å². The largest absolute Gasteiger partial charge is 0.382 e. The Morgan fingerprint density at radius 3 is 2.52 bits per heavy atom. The normalized spacial score (nSPS) is 20.2. The first-order chi connectivity index (χ1) is 10.8. The van der Waals surface area contributed by atoms with E-state index < -0.39 is 0 Å². The molecule has 0 amide bonds. The Balaban J connectivity index is 0.00000264. The molecule has 0 aromatic heterocycles.